The van der Waals surface area contributed by atoms with Crippen LogP contribution in [-0.4, -0.2) is 4.98 Å². The molecule has 6 heteroatoms. The number of nitrogens with one attached hydrogen (secondary N) is 1. The molecule has 0 amide bonds. The number of aromatic nitrogens is 1. The lowest BCUT2D eigenvalue weighted by atomic mass is 10.1. The Balaban J connectivity index is 2.95. The molecule has 0 spiro atoms. The monoisotopic (exact) mass is 245 g/mol. The number of rotatable bonds is 0. The molecule has 1 aromatic carbocycles. The number of fused-ring (bicyclic) bond motifs is 1. The van der Waals surface area contributed by atoms with Gasteiger partial charge in [0.05, 0.1) is 11.1 Å². The second-order valence-corrected chi connectivity index (χ2v) is 3.73. The minimum Gasteiger partial charge on any atom is -0.321 e. The molecule has 0 atom stereocenters. The summed E-state index contributed by atoms with van der Waals surface area (Å²) in [4.78, 5) is 13.8. The lowest BCUT2D eigenvalue weighted by molar-refractivity contribution is -0.136. The largest absolute Gasteiger partial charge is 0.417 e. The maximum Gasteiger partial charge on any atom is 0.417 e. The molecule has 0 fully saturated rings. The van der Waals surface area contributed by atoms with Crippen LogP contribution in [0.15, 0.2) is 34.0 Å². The number of thiol groups is 1. The Bertz CT molecular complexity index is 603. The molecule has 16 heavy (non-hydrogen) atoms. The number of para-hydroxylation sites is 1. The van der Waals surface area contributed by atoms with Crippen molar-refractivity contribution in [2.75, 3.05) is 0 Å². The molecular weight excluding hydrogens is 239 g/mol. The smallest absolute Gasteiger partial charge is 0.321 e. The van der Waals surface area contributed by atoms with E-state index in [4.69, 9.17) is 0 Å². The van der Waals surface area contributed by atoms with Crippen LogP contribution in [0.1, 0.15) is 5.56 Å². The fourth-order valence-corrected chi connectivity index (χ4v) is 1.76. The minimum atomic E-state index is -4.55. The maximum absolute atomic E-state index is 12.7. The number of aromatic amines is 1. The lowest BCUT2D eigenvalue weighted by Crippen LogP contribution is -2.14. The third-order valence-corrected chi connectivity index (χ3v) is 2.53. The Morgan fingerprint density at radius 3 is 2.56 bits per heavy atom. The first kappa shape index (κ1) is 11.1. The van der Waals surface area contributed by atoms with Crippen molar-refractivity contribution in [1.29, 1.82) is 0 Å². The number of benzene rings is 1. The van der Waals surface area contributed by atoms with Crippen molar-refractivity contribution in [3.8, 4) is 0 Å². The van der Waals surface area contributed by atoms with Crippen LogP contribution in [0, 0.1) is 0 Å². The normalized spacial score (nSPS) is 12.0. The average molecular weight is 245 g/mol. The van der Waals surface area contributed by atoms with Crippen molar-refractivity contribution >= 4 is 23.5 Å². The van der Waals surface area contributed by atoms with E-state index in [1.54, 1.807) is 0 Å². The summed E-state index contributed by atoms with van der Waals surface area (Å²) in [6.07, 6.45) is -4.55. The predicted octanol–water partition coefficient (Wildman–Crippen LogP) is 2.84. The maximum atomic E-state index is 12.7. The molecule has 0 aliphatic rings. The van der Waals surface area contributed by atoms with Crippen LogP contribution in [0.2, 0.25) is 0 Å². The van der Waals surface area contributed by atoms with Gasteiger partial charge >= 0.3 is 6.18 Å². The van der Waals surface area contributed by atoms with Gasteiger partial charge in [-0.15, -0.1) is 12.6 Å². The van der Waals surface area contributed by atoms with Gasteiger partial charge in [-0.05, 0) is 6.07 Å². The molecule has 1 N–H and O–H groups in total. The van der Waals surface area contributed by atoms with Crippen LogP contribution in [0.25, 0.3) is 10.9 Å². The van der Waals surface area contributed by atoms with E-state index in [9.17, 15) is 18.0 Å². The van der Waals surface area contributed by atoms with Gasteiger partial charge in [-0.3, -0.25) is 4.79 Å². The van der Waals surface area contributed by atoms with Gasteiger partial charge < -0.3 is 4.98 Å². The summed E-state index contributed by atoms with van der Waals surface area (Å²) < 4.78 is 38.0. The van der Waals surface area contributed by atoms with E-state index in [1.165, 1.54) is 18.2 Å². The van der Waals surface area contributed by atoms with Gasteiger partial charge in [-0.1, -0.05) is 12.1 Å². The first-order chi connectivity index (χ1) is 7.39. The fourth-order valence-electron chi connectivity index (χ4n) is 1.50. The van der Waals surface area contributed by atoms with Crippen LogP contribution < -0.4 is 5.56 Å². The van der Waals surface area contributed by atoms with Crippen molar-refractivity contribution in [1.82, 2.24) is 4.98 Å². The topological polar surface area (TPSA) is 32.9 Å². The van der Waals surface area contributed by atoms with E-state index in [-0.39, 0.29) is 10.9 Å². The Labute approximate surface area is 93.5 Å². The highest BCUT2D eigenvalue weighted by molar-refractivity contribution is 7.80. The third-order valence-electron chi connectivity index (χ3n) is 2.16. The van der Waals surface area contributed by atoms with Crippen molar-refractivity contribution in [2.24, 2.45) is 0 Å². The molecule has 1 heterocycles. The first-order valence-electron chi connectivity index (χ1n) is 4.32. The number of pyridine rings is 1. The van der Waals surface area contributed by atoms with Gasteiger partial charge in [0.2, 0.25) is 5.56 Å². The van der Waals surface area contributed by atoms with Gasteiger partial charge in [0.25, 0.3) is 0 Å². The molecule has 2 nitrogen and oxygen atoms in total. The van der Waals surface area contributed by atoms with E-state index < -0.39 is 17.3 Å². The second-order valence-electron chi connectivity index (χ2n) is 3.24. The molecule has 1 aromatic heterocycles. The summed E-state index contributed by atoms with van der Waals surface area (Å²) in [7, 11) is 0. The van der Waals surface area contributed by atoms with E-state index in [2.05, 4.69) is 17.6 Å². The van der Waals surface area contributed by atoms with Crippen LogP contribution in [-0.2, 0) is 6.18 Å². The summed E-state index contributed by atoms with van der Waals surface area (Å²) in [5.74, 6) is 0. The van der Waals surface area contributed by atoms with E-state index >= 15 is 0 Å². The van der Waals surface area contributed by atoms with Crippen LogP contribution in [0.5, 0.6) is 0 Å². The van der Waals surface area contributed by atoms with E-state index in [0.29, 0.717) is 11.0 Å². The fraction of sp³-hybridized carbons (Fsp3) is 0.100. The quantitative estimate of drug-likeness (QED) is 0.687. The second kappa shape index (κ2) is 3.55. The standard InChI is InChI=1S/C10H6F3NOS/c11-10(12,13)6-4-8(15)14-9-5(6)2-1-3-7(9)16/h1-4,16H,(H,14,15). The summed E-state index contributed by atoms with van der Waals surface area (Å²) in [5.41, 5.74) is -1.63. The summed E-state index contributed by atoms with van der Waals surface area (Å²) in [6.45, 7) is 0. The van der Waals surface area contributed by atoms with Crippen LogP contribution >= 0.6 is 12.6 Å². The van der Waals surface area contributed by atoms with Gasteiger partial charge in [0.15, 0.2) is 0 Å². The number of hydrogen-bond acceptors (Lipinski definition) is 2. The molecule has 0 aliphatic carbocycles. The summed E-state index contributed by atoms with van der Waals surface area (Å²) in [6, 6.07) is 4.82. The number of hydrogen-bond donors (Lipinski definition) is 2. The van der Waals surface area contributed by atoms with Gasteiger partial charge in [-0.2, -0.15) is 13.2 Å². The number of halogens is 3. The molecule has 0 saturated carbocycles. The molecule has 0 radical (unpaired) electrons. The third kappa shape index (κ3) is 1.80. The SMILES string of the molecule is O=c1cc(C(F)(F)F)c2cccc(S)c2[nH]1. The Hall–Kier alpha value is -1.43. The van der Waals surface area contributed by atoms with Crippen molar-refractivity contribution in [3.05, 3.63) is 40.2 Å². The number of alkyl halides is 3. The molecule has 0 saturated heterocycles. The zero-order valence-corrected chi connectivity index (χ0v) is 8.69. The summed E-state index contributed by atoms with van der Waals surface area (Å²) in [5, 5.41) is -0.0559. The van der Waals surface area contributed by atoms with Crippen molar-refractivity contribution in [2.45, 2.75) is 11.1 Å². The molecule has 84 valence electrons. The lowest BCUT2D eigenvalue weighted by Gasteiger charge is -2.10. The van der Waals surface area contributed by atoms with Gasteiger partial charge in [-0.25, -0.2) is 0 Å². The Morgan fingerprint density at radius 1 is 1.25 bits per heavy atom. The molecular formula is C10H6F3NOS. The Morgan fingerprint density at radius 2 is 1.94 bits per heavy atom. The molecule has 0 bridgehead atoms. The predicted molar refractivity (Wildman–Crippen MR) is 56.8 cm³/mol. The molecule has 2 rings (SSSR count). The zero-order chi connectivity index (χ0) is 11.9. The minimum absolute atomic E-state index is 0.0559. The van der Waals surface area contributed by atoms with Crippen LogP contribution in [0.3, 0.4) is 0 Å². The molecule has 2 aromatic rings. The van der Waals surface area contributed by atoms with E-state index in [1.807, 2.05) is 0 Å². The van der Waals surface area contributed by atoms with Crippen LogP contribution in [0.4, 0.5) is 13.2 Å². The number of H-pyrrole nitrogens is 1. The van der Waals surface area contributed by atoms with Crippen molar-refractivity contribution in [3.63, 3.8) is 0 Å². The van der Waals surface area contributed by atoms with Gasteiger partial charge in [0, 0.05) is 16.3 Å². The highest BCUT2D eigenvalue weighted by Crippen LogP contribution is 2.34. The summed E-state index contributed by atoms with van der Waals surface area (Å²) >= 11 is 4.00. The van der Waals surface area contributed by atoms with Crippen molar-refractivity contribution < 1.29 is 13.2 Å². The highest BCUT2D eigenvalue weighted by Gasteiger charge is 2.33. The first-order valence-corrected chi connectivity index (χ1v) is 4.76. The van der Waals surface area contributed by atoms with E-state index in [0.717, 1.165) is 0 Å². The molecule has 0 unspecified atom stereocenters. The zero-order valence-electron chi connectivity index (χ0n) is 7.80. The van der Waals surface area contributed by atoms with Gasteiger partial charge in [0.1, 0.15) is 0 Å². The highest BCUT2D eigenvalue weighted by atomic mass is 32.1. The molecule has 0 aliphatic heterocycles. The average Bonchev–Trinajstić information content (AvgIpc) is 2.17. The Kier molecular flexibility index (Phi) is 2.46.